The molecule has 0 aliphatic rings. The van der Waals surface area contributed by atoms with Crippen LogP contribution in [-0.2, 0) is 0 Å². The second-order valence-corrected chi connectivity index (χ2v) is 5.21. The minimum atomic E-state index is -0.321. The van der Waals surface area contributed by atoms with Crippen molar-refractivity contribution in [1.29, 1.82) is 0 Å². The number of benzene rings is 2. The molecule has 0 aromatic heterocycles. The van der Waals surface area contributed by atoms with Crippen molar-refractivity contribution in [2.75, 3.05) is 20.3 Å². The van der Waals surface area contributed by atoms with Gasteiger partial charge in [0.05, 0.1) is 12.7 Å². The van der Waals surface area contributed by atoms with E-state index in [1.54, 1.807) is 12.1 Å². The third-order valence-electron chi connectivity index (χ3n) is 2.81. The van der Waals surface area contributed by atoms with E-state index < -0.39 is 0 Å². The van der Waals surface area contributed by atoms with Gasteiger partial charge in [0.2, 0.25) is 0 Å². The van der Waals surface area contributed by atoms with Gasteiger partial charge in [-0.15, -0.1) is 0 Å². The fraction of sp³-hybridized carbons (Fsp3) is 0.188. The van der Waals surface area contributed by atoms with Crippen molar-refractivity contribution in [3.63, 3.8) is 0 Å². The lowest BCUT2D eigenvalue weighted by molar-refractivity contribution is 0.111. The molecule has 2 aromatic carbocycles. The predicted molar refractivity (Wildman–Crippen MR) is 83.5 cm³/mol. The molecule has 0 radical (unpaired) electrons. The zero-order chi connectivity index (χ0) is 15.9. The Bertz CT molecular complexity index is 643. The maximum absolute atomic E-state index is 12.8. The molecule has 0 spiro atoms. The Kier molecular flexibility index (Phi) is 5.77. The summed E-state index contributed by atoms with van der Waals surface area (Å²) in [6, 6.07) is 9.06. The molecule has 0 amide bonds. The normalized spacial score (nSPS) is 10.1. The fourth-order valence-electron chi connectivity index (χ4n) is 1.82. The van der Waals surface area contributed by atoms with Crippen molar-refractivity contribution in [3.05, 3.63) is 52.3 Å². The van der Waals surface area contributed by atoms with Gasteiger partial charge < -0.3 is 14.2 Å². The average molecular weight is 369 g/mol. The van der Waals surface area contributed by atoms with Crippen LogP contribution < -0.4 is 14.2 Å². The van der Waals surface area contributed by atoms with Gasteiger partial charge in [0, 0.05) is 4.47 Å². The largest absolute Gasteiger partial charge is 0.493 e. The van der Waals surface area contributed by atoms with Crippen molar-refractivity contribution in [2.45, 2.75) is 0 Å². The van der Waals surface area contributed by atoms with Gasteiger partial charge in [-0.2, -0.15) is 0 Å². The molecule has 116 valence electrons. The van der Waals surface area contributed by atoms with Gasteiger partial charge in [0.15, 0.2) is 17.8 Å². The molecule has 0 aliphatic carbocycles. The third kappa shape index (κ3) is 4.21. The first-order valence-electron chi connectivity index (χ1n) is 6.48. The van der Waals surface area contributed by atoms with Crippen LogP contribution in [0.5, 0.6) is 17.2 Å². The van der Waals surface area contributed by atoms with Crippen molar-refractivity contribution in [2.24, 2.45) is 0 Å². The van der Waals surface area contributed by atoms with Gasteiger partial charge in [-0.3, -0.25) is 4.79 Å². The highest BCUT2D eigenvalue weighted by molar-refractivity contribution is 9.10. The van der Waals surface area contributed by atoms with Gasteiger partial charge in [-0.1, -0.05) is 15.9 Å². The van der Waals surface area contributed by atoms with E-state index in [1.165, 1.54) is 31.4 Å². The summed E-state index contributed by atoms with van der Waals surface area (Å²) < 4.78 is 29.7. The van der Waals surface area contributed by atoms with Gasteiger partial charge in [0.25, 0.3) is 0 Å². The lowest BCUT2D eigenvalue weighted by Gasteiger charge is -2.13. The maximum Gasteiger partial charge on any atom is 0.171 e. The molecule has 0 unspecified atom stereocenters. The van der Waals surface area contributed by atoms with E-state index in [0.29, 0.717) is 29.1 Å². The standard InChI is InChI=1S/C16H14BrFO4/c1-20-15-9-12(17)8-11(10-19)16(15)22-7-6-21-14-4-2-13(18)3-5-14/h2-5,8-10H,6-7H2,1H3. The number of carbonyl (C=O) groups is 1. The number of hydrogen-bond donors (Lipinski definition) is 0. The Hall–Kier alpha value is -2.08. The van der Waals surface area contributed by atoms with Crippen LogP contribution in [0.25, 0.3) is 0 Å². The number of rotatable bonds is 7. The quantitative estimate of drug-likeness (QED) is 0.549. The Morgan fingerprint density at radius 1 is 1.14 bits per heavy atom. The van der Waals surface area contributed by atoms with E-state index in [9.17, 15) is 9.18 Å². The number of carbonyl (C=O) groups excluding carboxylic acids is 1. The van der Waals surface area contributed by atoms with E-state index >= 15 is 0 Å². The minimum absolute atomic E-state index is 0.218. The average Bonchev–Trinajstić information content (AvgIpc) is 2.53. The van der Waals surface area contributed by atoms with Crippen molar-refractivity contribution < 1.29 is 23.4 Å². The second-order valence-electron chi connectivity index (χ2n) is 4.30. The smallest absolute Gasteiger partial charge is 0.171 e. The number of hydrogen-bond acceptors (Lipinski definition) is 4. The zero-order valence-electron chi connectivity index (χ0n) is 11.8. The summed E-state index contributed by atoms with van der Waals surface area (Å²) in [5.41, 5.74) is 0.382. The Morgan fingerprint density at radius 2 is 1.82 bits per heavy atom. The summed E-state index contributed by atoms with van der Waals surface area (Å²) >= 11 is 3.30. The lowest BCUT2D eigenvalue weighted by Crippen LogP contribution is -2.10. The second kappa shape index (κ2) is 7.79. The number of methoxy groups -OCH3 is 1. The lowest BCUT2D eigenvalue weighted by atomic mass is 10.2. The topological polar surface area (TPSA) is 44.8 Å². The summed E-state index contributed by atoms with van der Waals surface area (Å²) in [6.07, 6.45) is 0.698. The SMILES string of the molecule is COc1cc(Br)cc(C=O)c1OCCOc1ccc(F)cc1. The molecule has 22 heavy (non-hydrogen) atoms. The maximum atomic E-state index is 12.8. The molecule has 2 rings (SSSR count). The zero-order valence-corrected chi connectivity index (χ0v) is 13.4. The fourth-order valence-corrected chi connectivity index (χ4v) is 2.27. The van der Waals surface area contributed by atoms with Crippen LogP contribution in [0.3, 0.4) is 0 Å². The minimum Gasteiger partial charge on any atom is -0.493 e. The highest BCUT2D eigenvalue weighted by atomic mass is 79.9. The van der Waals surface area contributed by atoms with Crippen molar-refractivity contribution >= 4 is 22.2 Å². The first kappa shape index (κ1) is 16.3. The molecular formula is C16H14BrFO4. The molecule has 4 nitrogen and oxygen atoms in total. The Labute approximate surface area is 135 Å². The summed E-state index contributed by atoms with van der Waals surface area (Å²) in [5.74, 6) is 1.05. The van der Waals surface area contributed by atoms with Crippen LogP contribution in [0.2, 0.25) is 0 Å². The van der Waals surface area contributed by atoms with E-state index in [0.717, 1.165) is 4.47 Å². The van der Waals surface area contributed by atoms with Crippen LogP contribution in [0.1, 0.15) is 10.4 Å². The molecule has 0 aliphatic heterocycles. The van der Waals surface area contributed by atoms with Crippen LogP contribution in [0.15, 0.2) is 40.9 Å². The first-order chi connectivity index (χ1) is 10.6. The molecule has 0 heterocycles. The van der Waals surface area contributed by atoms with Gasteiger partial charge in [-0.25, -0.2) is 4.39 Å². The van der Waals surface area contributed by atoms with Gasteiger partial charge in [0.1, 0.15) is 24.8 Å². The highest BCUT2D eigenvalue weighted by Gasteiger charge is 2.12. The monoisotopic (exact) mass is 368 g/mol. The molecule has 2 aromatic rings. The Balaban J connectivity index is 1.96. The number of halogens is 2. The molecule has 0 atom stereocenters. The summed E-state index contributed by atoms with van der Waals surface area (Å²) in [5, 5.41) is 0. The van der Waals surface area contributed by atoms with Crippen LogP contribution in [0.4, 0.5) is 4.39 Å². The molecule has 0 fully saturated rings. The summed E-state index contributed by atoms with van der Waals surface area (Å²) in [7, 11) is 1.50. The molecule has 0 saturated heterocycles. The molecule has 0 bridgehead atoms. The summed E-state index contributed by atoms with van der Waals surface area (Å²) in [6.45, 7) is 0.472. The van der Waals surface area contributed by atoms with Gasteiger partial charge >= 0.3 is 0 Å². The van der Waals surface area contributed by atoms with E-state index in [4.69, 9.17) is 14.2 Å². The predicted octanol–water partition coefficient (Wildman–Crippen LogP) is 3.87. The van der Waals surface area contributed by atoms with E-state index in [2.05, 4.69) is 15.9 Å². The third-order valence-corrected chi connectivity index (χ3v) is 3.27. The van der Waals surface area contributed by atoms with Crippen LogP contribution in [-0.4, -0.2) is 26.6 Å². The molecule has 0 N–H and O–H groups in total. The molecule has 0 saturated carbocycles. The summed E-state index contributed by atoms with van der Waals surface area (Å²) in [4.78, 5) is 11.1. The van der Waals surface area contributed by atoms with Crippen LogP contribution in [0, 0.1) is 5.82 Å². The highest BCUT2D eigenvalue weighted by Crippen LogP contribution is 2.33. The molecule has 6 heteroatoms. The first-order valence-corrected chi connectivity index (χ1v) is 7.27. The number of aldehydes is 1. The number of ether oxygens (including phenoxy) is 3. The van der Waals surface area contributed by atoms with E-state index in [1.807, 2.05) is 0 Å². The molecular weight excluding hydrogens is 355 g/mol. The van der Waals surface area contributed by atoms with E-state index in [-0.39, 0.29) is 19.0 Å². The van der Waals surface area contributed by atoms with Crippen LogP contribution >= 0.6 is 15.9 Å². The Morgan fingerprint density at radius 3 is 2.45 bits per heavy atom. The van der Waals surface area contributed by atoms with Gasteiger partial charge in [-0.05, 0) is 36.4 Å². The van der Waals surface area contributed by atoms with Crippen molar-refractivity contribution in [3.8, 4) is 17.2 Å². The van der Waals surface area contributed by atoms with Crippen molar-refractivity contribution in [1.82, 2.24) is 0 Å².